The molecule has 0 saturated heterocycles. The van der Waals surface area contributed by atoms with Gasteiger partial charge in [0.2, 0.25) is 0 Å². The number of para-hydroxylation sites is 2. The summed E-state index contributed by atoms with van der Waals surface area (Å²) in [5, 5.41) is 12.2. The number of methoxy groups -OCH3 is 1. The molecule has 0 fully saturated rings. The molecule has 0 saturated carbocycles. The van der Waals surface area contributed by atoms with Gasteiger partial charge < -0.3 is 10.1 Å². The molecule has 3 aromatic carbocycles. The van der Waals surface area contributed by atoms with Gasteiger partial charge in [-0.05, 0) is 29.8 Å². The second-order valence-corrected chi connectivity index (χ2v) is 6.05. The van der Waals surface area contributed by atoms with E-state index < -0.39 is 0 Å². The van der Waals surface area contributed by atoms with Crippen LogP contribution in [0.5, 0.6) is 0 Å². The number of rotatable bonds is 6. The molecule has 0 aliphatic heterocycles. The molecule has 5 nitrogen and oxygen atoms in total. The van der Waals surface area contributed by atoms with Crippen molar-refractivity contribution >= 4 is 16.7 Å². The minimum absolute atomic E-state index is 0.131. The van der Waals surface area contributed by atoms with Crippen LogP contribution < -0.4 is 5.32 Å². The van der Waals surface area contributed by atoms with Gasteiger partial charge in [-0.2, -0.15) is 0 Å². The summed E-state index contributed by atoms with van der Waals surface area (Å²) in [6.45, 7) is 0. The van der Waals surface area contributed by atoms with Gasteiger partial charge in [-0.25, -0.2) is 4.68 Å². The number of benzene rings is 3. The Kier molecular flexibility index (Phi) is 4.62. The van der Waals surface area contributed by atoms with Gasteiger partial charge in [0, 0.05) is 12.8 Å². The molecule has 2 atom stereocenters. The quantitative estimate of drug-likeness (QED) is 0.562. The Hall–Kier alpha value is -3.18. The highest BCUT2D eigenvalue weighted by Crippen LogP contribution is 2.32. The van der Waals surface area contributed by atoms with Crippen molar-refractivity contribution < 1.29 is 4.74 Å². The van der Waals surface area contributed by atoms with E-state index in [2.05, 4.69) is 27.8 Å². The van der Waals surface area contributed by atoms with E-state index in [-0.39, 0.29) is 12.3 Å². The van der Waals surface area contributed by atoms with Crippen LogP contribution in [0.4, 0.5) is 5.69 Å². The molecule has 4 rings (SSSR count). The minimum Gasteiger partial charge on any atom is -0.374 e. The third-order valence-electron chi connectivity index (χ3n) is 4.40. The Morgan fingerprint density at radius 3 is 2.23 bits per heavy atom. The molecule has 0 spiro atoms. The zero-order valence-corrected chi connectivity index (χ0v) is 14.5. The summed E-state index contributed by atoms with van der Waals surface area (Å²) in [4.78, 5) is 0. The van der Waals surface area contributed by atoms with Crippen LogP contribution >= 0.6 is 0 Å². The molecule has 2 unspecified atom stereocenters. The van der Waals surface area contributed by atoms with E-state index in [9.17, 15) is 0 Å². The van der Waals surface area contributed by atoms with Gasteiger partial charge in [0.1, 0.15) is 5.52 Å². The average molecular weight is 344 g/mol. The summed E-state index contributed by atoms with van der Waals surface area (Å²) < 4.78 is 7.73. The highest BCUT2D eigenvalue weighted by Gasteiger charge is 2.27. The molecule has 1 aromatic heterocycles. The lowest BCUT2D eigenvalue weighted by Gasteiger charge is -2.28. The molecule has 1 N–H and O–H groups in total. The minimum atomic E-state index is -0.356. The fourth-order valence-corrected chi connectivity index (χ4v) is 3.15. The first-order valence-corrected chi connectivity index (χ1v) is 8.56. The number of aromatic nitrogens is 3. The Balaban J connectivity index is 1.78. The lowest BCUT2D eigenvalue weighted by molar-refractivity contribution is 0.0196. The molecule has 4 aromatic rings. The van der Waals surface area contributed by atoms with Gasteiger partial charge in [0.25, 0.3) is 0 Å². The third-order valence-corrected chi connectivity index (χ3v) is 4.40. The van der Waals surface area contributed by atoms with Gasteiger partial charge in [-0.1, -0.05) is 65.9 Å². The summed E-state index contributed by atoms with van der Waals surface area (Å²) in [6, 6.07) is 28.1. The number of fused-ring (bicyclic) bond motifs is 1. The van der Waals surface area contributed by atoms with Crippen molar-refractivity contribution in [3.05, 3.63) is 90.5 Å². The van der Waals surface area contributed by atoms with E-state index in [4.69, 9.17) is 4.74 Å². The fourth-order valence-electron chi connectivity index (χ4n) is 3.15. The smallest absolute Gasteiger partial charge is 0.176 e. The maximum absolute atomic E-state index is 5.89. The Bertz CT molecular complexity index is 969. The second-order valence-electron chi connectivity index (χ2n) is 6.05. The van der Waals surface area contributed by atoms with Gasteiger partial charge in [-0.15, -0.1) is 5.10 Å². The maximum Gasteiger partial charge on any atom is 0.176 e. The van der Waals surface area contributed by atoms with Gasteiger partial charge in [0.05, 0.1) is 11.6 Å². The number of ether oxygens (including phenoxy) is 1. The van der Waals surface area contributed by atoms with E-state index in [1.165, 1.54) is 0 Å². The molecular weight excluding hydrogens is 324 g/mol. The molecular formula is C21H20N4O. The highest BCUT2D eigenvalue weighted by molar-refractivity contribution is 5.74. The molecule has 0 bridgehead atoms. The molecule has 0 aliphatic carbocycles. The molecule has 5 heteroatoms. The lowest BCUT2D eigenvalue weighted by Crippen LogP contribution is -2.26. The Labute approximate surface area is 152 Å². The SMILES string of the molecule is COC(C(Nc1ccccc1)c1ccccc1)n1nnc2ccccc21. The van der Waals surface area contributed by atoms with Crippen LogP contribution in [0.25, 0.3) is 11.0 Å². The van der Waals surface area contributed by atoms with E-state index >= 15 is 0 Å². The van der Waals surface area contributed by atoms with Crippen LogP contribution in [0, 0.1) is 0 Å². The van der Waals surface area contributed by atoms with Crippen molar-refractivity contribution in [2.24, 2.45) is 0 Å². The normalized spacial score (nSPS) is 13.4. The monoisotopic (exact) mass is 344 g/mol. The van der Waals surface area contributed by atoms with Crippen LogP contribution in [0.3, 0.4) is 0 Å². The zero-order chi connectivity index (χ0) is 17.8. The van der Waals surface area contributed by atoms with Crippen molar-refractivity contribution in [1.82, 2.24) is 15.0 Å². The van der Waals surface area contributed by atoms with E-state index in [0.717, 1.165) is 22.3 Å². The second kappa shape index (κ2) is 7.37. The first-order chi connectivity index (χ1) is 12.9. The maximum atomic E-state index is 5.89. The molecule has 0 radical (unpaired) electrons. The lowest BCUT2D eigenvalue weighted by atomic mass is 10.0. The summed E-state index contributed by atoms with van der Waals surface area (Å²) in [6.07, 6.45) is -0.356. The van der Waals surface area contributed by atoms with Crippen LogP contribution in [0.2, 0.25) is 0 Å². The standard InChI is InChI=1S/C21H20N4O/c1-26-21(25-19-15-9-8-14-18(19)23-24-25)20(16-10-4-2-5-11-16)22-17-12-6-3-7-13-17/h2-15,20-22H,1H3. The van der Waals surface area contributed by atoms with Crippen LogP contribution in [-0.4, -0.2) is 22.1 Å². The first-order valence-electron chi connectivity index (χ1n) is 8.56. The van der Waals surface area contributed by atoms with Crippen LogP contribution in [0.1, 0.15) is 17.8 Å². The summed E-state index contributed by atoms with van der Waals surface area (Å²) in [5.41, 5.74) is 3.92. The van der Waals surface area contributed by atoms with E-state index in [1.807, 2.05) is 77.5 Å². The van der Waals surface area contributed by atoms with Gasteiger partial charge in [-0.3, -0.25) is 0 Å². The first kappa shape index (κ1) is 16.3. The third kappa shape index (κ3) is 3.17. The van der Waals surface area contributed by atoms with Gasteiger partial charge >= 0.3 is 0 Å². The number of nitrogens with one attached hydrogen (secondary N) is 1. The Morgan fingerprint density at radius 1 is 0.846 bits per heavy atom. The molecule has 1 heterocycles. The molecule has 130 valence electrons. The van der Waals surface area contributed by atoms with Crippen molar-refractivity contribution in [2.75, 3.05) is 12.4 Å². The van der Waals surface area contributed by atoms with Crippen LogP contribution in [-0.2, 0) is 4.74 Å². The average Bonchev–Trinajstić information content (AvgIpc) is 3.13. The van der Waals surface area contributed by atoms with Gasteiger partial charge in [0.15, 0.2) is 6.23 Å². The highest BCUT2D eigenvalue weighted by atomic mass is 16.5. The number of hydrogen-bond acceptors (Lipinski definition) is 4. The number of hydrogen-bond donors (Lipinski definition) is 1. The zero-order valence-electron chi connectivity index (χ0n) is 14.5. The van der Waals surface area contributed by atoms with E-state index in [1.54, 1.807) is 7.11 Å². The Morgan fingerprint density at radius 2 is 1.50 bits per heavy atom. The van der Waals surface area contributed by atoms with Crippen LogP contribution in [0.15, 0.2) is 84.9 Å². The molecule has 0 amide bonds. The van der Waals surface area contributed by atoms with Crippen molar-refractivity contribution in [3.63, 3.8) is 0 Å². The molecule has 26 heavy (non-hydrogen) atoms. The predicted octanol–water partition coefficient (Wildman–Crippen LogP) is 4.43. The van der Waals surface area contributed by atoms with Crippen molar-refractivity contribution in [1.29, 1.82) is 0 Å². The summed E-state index contributed by atoms with van der Waals surface area (Å²) >= 11 is 0. The fraction of sp³-hybridized carbons (Fsp3) is 0.143. The predicted molar refractivity (Wildman–Crippen MR) is 103 cm³/mol. The summed E-state index contributed by atoms with van der Waals surface area (Å²) in [5.74, 6) is 0. The topological polar surface area (TPSA) is 52.0 Å². The number of anilines is 1. The molecule has 0 aliphatic rings. The van der Waals surface area contributed by atoms with E-state index in [0.29, 0.717) is 0 Å². The van der Waals surface area contributed by atoms with Crippen molar-refractivity contribution in [3.8, 4) is 0 Å². The largest absolute Gasteiger partial charge is 0.374 e. The number of nitrogens with zero attached hydrogens (tertiary/aromatic N) is 3. The van der Waals surface area contributed by atoms with Crippen molar-refractivity contribution in [2.45, 2.75) is 12.3 Å². The summed E-state index contributed by atoms with van der Waals surface area (Å²) in [7, 11) is 1.70.